The number of rotatable bonds is 10. The molecule has 2 rings (SSSR count). The first-order valence-electron chi connectivity index (χ1n) is 9.28. The number of ether oxygens (including phenoxy) is 2. The van der Waals surface area contributed by atoms with Crippen molar-refractivity contribution in [1.29, 1.82) is 0 Å². The molecule has 0 aromatic heterocycles. The van der Waals surface area contributed by atoms with Gasteiger partial charge in [-0.2, -0.15) is 0 Å². The van der Waals surface area contributed by atoms with Crippen LogP contribution in [0.15, 0.2) is 18.2 Å². The smallest absolute Gasteiger partial charge is 0.407 e. The molecule has 10 nitrogen and oxygen atoms in total. The summed E-state index contributed by atoms with van der Waals surface area (Å²) in [6.07, 6.45) is -0.375. The SMILES string of the molecule is CCCCOC(=O)NC(Cc1ccc2c(c1)NC(=O)[C@@H](CCC(=O)O)O2)C(=O)O. The molecule has 0 fully saturated rings. The van der Waals surface area contributed by atoms with E-state index in [4.69, 9.17) is 14.6 Å². The van der Waals surface area contributed by atoms with Crippen molar-refractivity contribution in [3.05, 3.63) is 23.8 Å². The zero-order chi connectivity index (χ0) is 21.4. The van der Waals surface area contributed by atoms with Crippen LogP contribution in [-0.2, 0) is 25.5 Å². The summed E-state index contributed by atoms with van der Waals surface area (Å²) in [7, 11) is 0. The second-order valence-electron chi connectivity index (χ2n) is 6.59. The molecule has 1 unspecified atom stereocenters. The van der Waals surface area contributed by atoms with E-state index in [-0.39, 0.29) is 25.9 Å². The largest absolute Gasteiger partial charge is 0.481 e. The monoisotopic (exact) mass is 408 g/mol. The summed E-state index contributed by atoms with van der Waals surface area (Å²) < 4.78 is 10.5. The van der Waals surface area contributed by atoms with E-state index < -0.39 is 36.1 Å². The van der Waals surface area contributed by atoms with Gasteiger partial charge in [0, 0.05) is 19.3 Å². The first-order chi connectivity index (χ1) is 13.8. The van der Waals surface area contributed by atoms with Crippen LogP contribution in [0.25, 0.3) is 0 Å². The van der Waals surface area contributed by atoms with Crippen LogP contribution < -0.4 is 15.4 Å². The van der Waals surface area contributed by atoms with Gasteiger partial charge in [0.2, 0.25) is 0 Å². The van der Waals surface area contributed by atoms with E-state index >= 15 is 0 Å². The number of nitrogens with one attached hydrogen (secondary N) is 2. The molecule has 2 amide bonds. The van der Waals surface area contributed by atoms with Gasteiger partial charge < -0.3 is 30.3 Å². The molecule has 1 aromatic rings. The molecule has 0 saturated carbocycles. The molecule has 29 heavy (non-hydrogen) atoms. The van der Waals surface area contributed by atoms with E-state index in [9.17, 15) is 24.3 Å². The van der Waals surface area contributed by atoms with Crippen molar-refractivity contribution >= 4 is 29.6 Å². The molecule has 0 spiro atoms. The van der Waals surface area contributed by atoms with Crippen LogP contribution in [0, 0.1) is 0 Å². The van der Waals surface area contributed by atoms with E-state index in [2.05, 4.69) is 10.6 Å². The van der Waals surface area contributed by atoms with Crippen molar-refractivity contribution in [2.75, 3.05) is 11.9 Å². The zero-order valence-corrected chi connectivity index (χ0v) is 16.0. The van der Waals surface area contributed by atoms with Gasteiger partial charge in [-0.1, -0.05) is 19.4 Å². The number of anilines is 1. The molecule has 10 heteroatoms. The lowest BCUT2D eigenvalue weighted by molar-refractivity contribution is -0.139. The second kappa shape index (κ2) is 10.3. The fourth-order valence-electron chi connectivity index (χ4n) is 2.70. The Bertz CT molecular complexity index is 779. The van der Waals surface area contributed by atoms with Crippen molar-refractivity contribution in [3.8, 4) is 5.75 Å². The highest BCUT2D eigenvalue weighted by Gasteiger charge is 2.29. The van der Waals surface area contributed by atoms with Crippen molar-refractivity contribution in [1.82, 2.24) is 5.32 Å². The Hall–Kier alpha value is -3.30. The van der Waals surface area contributed by atoms with Crippen LogP contribution in [-0.4, -0.2) is 52.9 Å². The van der Waals surface area contributed by atoms with Crippen LogP contribution in [0.4, 0.5) is 10.5 Å². The molecule has 0 bridgehead atoms. The van der Waals surface area contributed by atoms with Crippen LogP contribution in [0.5, 0.6) is 5.75 Å². The van der Waals surface area contributed by atoms with Crippen LogP contribution in [0.1, 0.15) is 38.2 Å². The Morgan fingerprint density at radius 3 is 2.72 bits per heavy atom. The molecule has 1 aliphatic heterocycles. The number of aliphatic carboxylic acids is 2. The molecule has 1 aliphatic rings. The highest BCUT2D eigenvalue weighted by molar-refractivity contribution is 5.98. The van der Waals surface area contributed by atoms with Gasteiger partial charge in [-0.05, 0) is 24.1 Å². The summed E-state index contributed by atoms with van der Waals surface area (Å²) in [6.45, 7) is 2.15. The minimum Gasteiger partial charge on any atom is -0.481 e. The molecule has 158 valence electrons. The normalized spacial score (nSPS) is 16.0. The Morgan fingerprint density at radius 2 is 2.07 bits per heavy atom. The molecule has 1 aromatic carbocycles. The number of hydrogen-bond acceptors (Lipinski definition) is 6. The van der Waals surface area contributed by atoms with Crippen molar-refractivity contribution in [2.24, 2.45) is 0 Å². The molecule has 0 saturated heterocycles. The molecule has 0 radical (unpaired) electrons. The first kappa shape index (κ1) is 22.0. The van der Waals surface area contributed by atoms with Crippen LogP contribution in [0.2, 0.25) is 0 Å². The predicted octanol–water partition coefficient (Wildman–Crippen LogP) is 1.77. The number of fused-ring (bicyclic) bond motifs is 1. The summed E-state index contributed by atoms with van der Waals surface area (Å²) >= 11 is 0. The summed E-state index contributed by atoms with van der Waals surface area (Å²) in [5.41, 5.74) is 0.909. The minimum atomic E-state index is -1.22. The van der Waals surface area contributed by atoms with E-state index in [1.54, 1.807) is 18.2 Å². The standard InChI is InChI=1S/C19H24N2O8/c1-2-3-8-28-19(27)21-13(18(25)26)10-11-4-5-14-12(9-11)20-17(24)15(29-14)6-7-16(22)23/h4-5,9,13,15H,2-3,6-8,10H2,1H3,(H,20,24)(H,21,27)(H,22,23)(H,25,26)/t13?,15-/m1/s1. The Labute approximate surface area is 167 Å². The number of carbonyl (C=O) groups excluding carboxylic acids is 2. The number of alkyl carbamates (subject to hydrolysis) is 1. The fourth-order valence-corrected chi connectivity index (χ4v) is 2.70. The highest BCUT2D eigenvalue weighted by Crippen LogP contribution is 2.32. The average molecular weight is 408 g/mol. The Balaban J connectivity index is 2.02. The molecule has 2 atom stereocenters. The third-order valence-electron chi connectivity index (χ3n) is 4.24. The summed E-state index contributed by atoms with van der Waals surface area (Å²) in [4.78, 5) is 46.0. The maximum Gasteiger partial charge on any atom is 0.407 e. The van der Waals surface area contributed by atoms with E-state index in [1.165, 1.54) is 0 Å². The van der Waals surface area contributed by atoms with E-state index in [0.717, 1.165) is 6.42 Å². The summed E-state index contributed by atoms with van der Waals surface area (Å²) in [5.74, 6) is -2.35. The van der Waals surface area contributed by atoms with Gasteiger partial charge >= 0.3 is 18.0 Å². The minimum absolute atomic E-state index is 0.0240. The van der Waals surface area contributed by atoms with Crippen molar-refractivity contribution in [3.63, 3.8) is 0 Å². The summed E-state index contributed by atoms with van der Waals surface area (Å²) in [5, 5.41) is 23.0. The number of hydrogen-bond donors (Lipinski definition) is 4. The van der Waals surface area contributed by atoms with Gasteiger partial charge in [-0.25, -0.2) is 9.59 Å². The van der Waals surface area contributed by atoms with Gasteiger partial charge in [0.05, 0.1) is 12.3 Å². The number of carboxylic acid groups (broad SMARTS) is 2. The number of unbranched alkanes of at least 4 members (excludes halogenated alkanes) is 1. The molecular weight excluding hydrogens is 384 g/mol. The maximum atomic E-state index is 12.1. The van der Waals surface area contributed by atoms with Crippen molar-refractivity contribution in [2.45, 2.75) is 51.2 Å². The number of carbonyl (C=O) groups is 4. The lowest BCUT2D eigenvalue weighted by Crippen LogP contribution is -2.42. The van der Waals surface area contributed by atoms with Crippen LogP contribution >= 0.6 is 0 Å². The molecule has 0 aliphatic carbocycles. The highest BCUT2D eigenvalue weighted by atomic mass is 16.5. The van der Waals surface area contributed by atoms with E-state index in [0.29, 0.717) is 23.4 Å². The second-order valence-corrected chi connectivity index (χ2v) is 6.59. The topological polar surface area (TPSA) is 151 Å². The quantitative estimate of drug-likeness (QED) is 0.428. The molecular formula is C19H24N2O8. The number of carboxylic acids is 2. The van der Waals surface area contributed by atoms with Crippen molar-refractivity contribution < 1.29 is 38.9 Å². The third kappa shape index (κ3) is 6.66. The van der Waals surface area contributed by atoms with E-state index in [1.807, 2.05) is 6.92 Å². The molecule has 1 heterocycles. The van der Waals surface area contributed by atoms with Gasteiger partial charge in [0.15, 0.2) is 6.10 Å². The van der Waals surface area contributed by atoms with Gasteiger partial charge in [0.1, 0.15) is 11.8 Å². The maximum absolute atomic E-state index is 12.1. The third-order valence-corrected chi connectivity index (χ3v) is 4.24. The van der Waals surface area contributed by atoms with Gasteiger partial charge in [-0.15, -0.1) is 0 Å². The zero-order valence-electron chi connectivity index (χ0n) is 16.0. The van der Waals surface area contributed by atoms with Gasteiger partial charge in [0.25, 0.3) is 5.91 Å². The lowest BCUT2D eigenvalue weighted by atomic mass is 10.0. The lowest BCUT2D eigenvalue weighted by Gasteiger charge is -2.26. The Kier molecular flexibility index (Phi) is 7.81. The van der Waals surface area contributed by atoms with Crippen LogP contribution in [0.3, 0.4) is 0 Å². The Morgan fingerprint density at radius 1 is 1.31 bits per heavy atom. The molecule has 4 N–H and O–H groups in total. The fraction of sp³-hybridized carbons (Fsp3) is 0.474. The van der Waals surface area contributed by atoms with Gasteiger partial charge in [-0.3, -0.25) is 9.59 Å². The number of benzene rings is 1. The average Bonchev–Trinajstić information content (AvgIpc) is 2.65. The predicted molar refractivity (Wildman–Crippen MR) is 101 cm³/mol. The summed E-state index contributed by atoms with van der Waals surface area (Å²) in [6, 6.07) is 3.53. The number of amides is 2. The first-order valence-corrected chi connectivity index (χ1v) is 9.28.